The van der Waals surface area contributed by atoms with Gasteiger partial charge in [-0.2, -0.15) is 8.42 Å². The lowest BCUT2D eigenvalue weighted by Crippen LogP contribution is -2.43. The summed E-state index contributed by atoms with van der Waals surface area (Å²) in [5.41, 5.74) is 2.92. The van der Waals surface area contributed by atoms with Gasteiger partial charge in [0.25, 0.3) is 10.1 Å². The summed E-state index contributed by atoms with van der Waals surface area (Å²) < 4.78 is 32.9. The van der Waals surface area contributed by atoms with Gasteiger partial charge < -0.3 is 4.90 Å². The van der Waals surface area contributed by atoms with Crippen LogP contribution < -0.4 is 4.90 Å². The largest absolute Gasteiger partial charge is 0.362 e. The first-order valence-electron chi connectivity index (χ1n) is 9.21. The zero-order chi connectivity index (χ0) is 20.4. The van der Waals surface area contributed by atoms with E-state index in [9.17, 15) is 8.42 Å². The molecule has 0 fully saturated rings. The Morgan fingerprint density at radius 1 is 1.18 bits per heavy atom. The van der Waals surface area contributed by atoms with E-state index in [0.29, 0.717) is 13.0 Å². The van der Waals surface area contributed by atoms with Crippen molar-refractivity contribution in [2.24, 2.45) is 5.10 Å². The first kappa shape index (κ1) is 20.2. The molecule has 148 valence electrons. The lowest BCUT2D eigenvalue weighted by Gasteiger charge is -2.31. The Labute approximate surface area is 166 Å². The molecular weight excluding hydrogens is 374 g/mol. The highest BCUT2D eigenvalue weighted by Gasteiger charge is 2.43. The third-order valence-electron chi connectivity index (χ3n) is 5.19. The van der Waals surface area contributed by atoms with Crippen LogP contribution in [0.25, 0.3) is 0 Å². The molecule has 1 atom stereocenters. The smallest absolute Gasteiger partial charge is 0.264 e. The second kappa shape index (κ2) is 7.85. The summed E-state index contributed by atoms with van der Waals surface area (Å²) in [7, 11) is -3.98. The number of fused-ring (bicyclic) bond motifs is 1. The second-order valence-electron chi connectivity index (χ2n) is 7.52. The van der Waals surface area contributed by atoms with Gasteiger partial charge in [-0.05, 0) is 23.2 Å². The molecule has 7 heteroatoms. The van der Waals surface area contributed by atoms with Crippen LogP contribution in [0.15, 0.2) is 59.7 Å². The fourth-order valence-electron chi connectivity index (χ4n) is 3.72. The van der Waals surface area contributed by atoms with Crippen molar-refractivity contribution in [2.75, 3.05) is 17.2 Å². The van der Waals surface area contributed by atoms with Crippen molar-refractivity contribution in [3.05, 3.63) is 60.2 Å². The number of hydrogen-bond donors (Lipinski definition) is 1. The Morgan fingerprint density at radius 3 is 2.50 bits per heavy atom. The van der Waals surface area contributed by atoms with E-state index < -0.39 is 10.1 Å². The summed E-state index contributed by atoms with van der Waals surface area (Å²) >= 11 is 0. The molecule has 1 heterocycles. The van der Waals surface area contributed by atoms with Gasteiger partial charge in [-0.1, -0.05) is 54.9 Å². The zero-order valence-electron chi connectivity index (χ0n) is 16.2. The number of benzene rings is 2. The average molecular weight is 401 g/mol. The second-order valence-corrected chi connectivity index (χ2v) is 9.09. The van der Waals surface area contributed by atoms with Crippen molar-refractivity contribution in [2.45, 2.75) is 31.7 Å². The van der Waals surface area contributed by atoms with Gasteiger partial charge in [0.2, 0.25) is 5.69 Å². The van der Waals surface area contributed by atoms with Crippen molar-refractivity contribution in [3.8, 4) is 0 Å². The quantitative estimate of drug-likeness (QED) is 0.334. The molecule has 1 aliphatic heterocycles. The normalized spacial score (nSPS) is 18.4. The maximum Gasteiger partial charge on any atom is 0.264 e. The van der Waals surface area contributed by atoms with E-state index in [4.69, 9.17) is 4.55 Å². The summed E-state index contributed by atoms with van der Waals surface area (Å²) in [6.45, 7) is 8.80. The molecule has 0 spiro atoms. The first-order chi connectivity index (χ1) is 13.2. The fraction of sp³-hybridized carbons (Fsp3) is 0.333. The fourth-order valence-corrected chi connectivity index (χ4v) is 4.22. The minimum atomic E-state index is -3.98. The van der Waals surface area contributed by atoms with Crippen LogP contribution in [-0.2, 0) is 15.5 Å². The van der Waals surface area contributed by atoms with Crippen LogP contribution in [0.4, 0.5) is 11.4 Å². The summed E-state index contributed by atoms with van der Waals surface area (Å²) in [6.07, 6.45) is 2.20. The molecule has 3 rings (SSSR count). The number of hydrogen-bond acceptors (Lipinski definition) is 4. The van der Waals surface area contributed by atoms with Crippen molar-refractivity contribution in [3.63, 3.8) is 0 Å². The maximum absolute atomic E-state index is 11.1. The zero-order valence-corrected chi connectivity index (χ0v) is 17.0. The van der Waals surface area contributed by atoms with Gasteiger partial charge in [-0.15, -0.1) is 0 Å². The van der Waals surface area contributed by atoms with Gasteiger partial charge in [-0.25, -0.2) is 0 Å². The molecule has 0 saturated carbocycles. The van der Waals surface area contributed by atoms with Crippen LogP contribution in [0.3, 0.4) is 0 Å². The molecule has 1 N–H and O–H groups in total. The predicted molar refractivity (Wildman–Crippen MR) is 114 cm³/mol. The SMILES string of the molecule is C=[N+](N=CC1N(CCCS(=O)(=O)O)c2ccccc2C1(C)C)c1ccccc1. The molecule has 0 saturated heterocycles. The molecule has 2 aromatic carbocycles. The standard InChI is InChI=1S/C21H25N3O3S/c1-21(2)18-12-7-8-13-19(18)24(14-9-15-28(25,26)27)20(21)16-22-23(3)17-10-5-4-6-11-17/h4-8,10-13,16,20H,3,9,14-15H2,1-2H3/p+1. The molecule has 2 aromatic rings. The first-order valence-corrected chi connectivity index (χ1v) is 10.8. The van der Waals surface area contributed by atoms with E-state index in [0.717, 1.165) is 11.4 Å². The van der Waals surface area contributed by atoms with E-state index in [1.807, 2.05) is 54.7 Å². The lowest BCUT2D eigenvalue weighted by molar-refractivity contribution is -0.435. The van der Waals surface area contributed by atoms with Gasteiger partial charge in [0.15, 0.2) is 6.72 Å². The monoisotopic (exact) mass is 400 g/mol. The van der Waals surface area contributed by atoms with E-state index in [1.54, 1.807) is 4.68 Å². The summed E-state index contributed by atoms with van der Waals surface area (Å²) in [5, 5.41) is 4.55. The molecule has 1 aliphatic rings. The van der Waals surface area contributed by atoms with Crippen LogP contribution in [0.5, 0.6) is 0 Å². The van der Waals surface area contributed by atoms with Crippen molar-refractivity contribution < 1.29 is 17.7 Å². The Hall–Kier alpha value is -2.51. The Morgan fingerprint density at radius 2 is 1.82 bits per heavy atom. The molecule has 0 radical (unpaired) electrons. The van der Waals surface area contributed by atoms with Gasteiger partial charge in [0, 0.05) is 29.8 Å². The van der Waals surface area contributed by atoms with Crippen molar-refractivity contribution >= 4 is 34.4 Å². The third-order valence-corrected chi connectivity index (χ3v) is 5.99. The molecule has 0 amide bonds. The Kier molecular flexibility index (Phi) is 5.67. The highest BCUT2D eigenvalue weighted by molar-refractivity contribution is 7.85. The Balaban J connectivity index is 1.88. The van der Waals surface area contributed by atoms with E-state index in [2.05, 4.69) is 36.6 Å². The van der Waals surface area contributed by atoms with Crippen LogP contribution in [0.2, 0.25) is 0 Å². The Bertz CT molecular complexity index is 985. The minimum absolute atomic E-state index is 0.0701. The van der Waals surface area contributed by atoms with Gasteiger partial charge in [0.1, 0.15) is 0 Å². The van der Waals surface area contributed by atoms with Gasteiger partial charge in [-0.3, -0.25) is 4.55 Å². The van der Waals surface area contributed by atoms with Crippen LogP contribution >= 0.6 is 0 Å². The summed E-state index contributed by atoms with van der Waals surface area (Å²) in [4.78, 5) is 2.16. The number of anilines is 1. The summed E-state index contributed by atoms with van der Waals surface area (Å²) in [5.74, 6) is -0.262. The van der Waals surface area contributed by atoms with Crippen molar-refractivity contribution in [1.29, 1.82) is 0 Å². The lowest BCUT2D eigenvalue weighted by atomic mass is 9.81. The number of hydrazone groups is 1. The predicted octanol–water partition coefficient (Wildman–Crippen LogP) is 3.46. The molecular formula is C21H26N3O3S+. The van der Waals surface area contributed by atoms with E-state index in [-0.39, 0.29) is 17.2 Å². The number of para-hydroxylation sites is 2. The number of rotatable bonds is 7. The molecule has 1 unspecified atom stereocenters. The highest BCUT2D eigenvalue weighted by atomic mass is 32.2. The molecule has 28 heavy (non-hydrogen) atoms. The molecule has 0 aliphatic carbocycles. The molecule has 6 nitrogen and oxygen atoms in total. The molecule has 0 bridgehead atoms. The summed E-state index contributed by atoms with van der Waals surface area (Å²) in [6, 6.07) is 17.7. The molecule has 0 aromatic heterocycles. The topological polar surface area (TPSA) is 73.0 Å². The number of nitrogens with zero attached hydrogens (tertiary/aromatic N) is 3. The van der Waals surface area contributed by atoms with E-state index >= 15 is 0 Å². The maximum atomic E-state index is 11.1. The van der Waals surface area contributed by atoms with Crippen LogP contribution in [-0.4, -0.2) is 48.9 Å². The highest BCUT2D eigenvalue weighted by Crippen LogP contribution is 2.44. The third kappa shape index (κ3) is 4.31. The van der Waals surface area contributed by atoms with Crippen molar-refractivity contribution in [1.82, 2.24) is 0 Å². The minimum Gasteiger partial charge on any atom is -0.362 e. The van der Waals surface area contributed by atoms with Gasteiger partial charge >= 0.3 is 0 Å². The average Bonchev–Trinajstić information content (AvgIpc) is 2.87. The van der Waals surface area contributed by atoms with Gasteiger partial charge in [0.05, 0.1) is 18.0 Å². The van der Waals surface area contributed by atoms with E-state index in [1.165, 1.54) is 5.56 Å². The van der Waals surface area contributed by atoms with Crippen LogP contribution in [0.1, 0.15) is 25.8 Å². The van der Waals surface area contributed by atoms with Crippen LogP contribution in [0, 0.1) is 0 Å².